The van der Waals surface area contributed by atoms with Crippen molar-refractivity contribution < 1.29 is 4.74 Å². The van der Waals surface area contributed by atoms with Gasteiger partial charge in [-0.25, -0.2) is 0 Å². The highest BCUT2D eigenvalue weighted by Crippen LogP contribution is 2.36. The van der Waals surface area contributed by atoms with Crippen LogP contribution in [0.5, 0.6) is 0 Å². The van der Waals surface area contributed by atoms with E-state index in [4.69, 9.17) is 4.74 Å². The summed E-state index contributed by atoms with van der Waals surface area (Å²) in [5.41, 5.74) is 0.555. The molecule has 0 aromatic carbocycles. The third-order valence-corrected chi connectivity index (χ3v) is 5.08. The van der Waals surface area contributed by atoms with E-state index in [1.807, 2.05) is 0 Å². The van der Waals surface area contributed by atoms with Crippen molar-refractivity contribution in [1.82, 2.24) is 5.32 Å². The molecule has 2 fully saturated rings. The molecule has 0 aromatic rings. The molecule has 0 unspecified atom stereocenters. The van der Waals surface area contributed by atoms with Gasteiger partial charge in [0.1, 0.15) is 0 Å². The molecule has 2 heteroatoms. The lowest BCUT2D eigenvalue weighted by Gasteiger charge is -2.34. The molecular weight excluding hydrogens is 234 g/mol. The van der Waals surface area contributed by atoms with Crippen molar-refractivity contribution in [3.8, 4) is 0 Å². The van der Waals surface area contributed by atoms with E-state index in [0.29, 0.717) is 11.5 Å². The zero-order valence-corrected chi connectivity index (χ0v) is 13.0. The number of nitrogens with one attached hydrogen (secondary N) is 1. The zero-order valence-electron chi connectivity index (χ0n) is 13.0. The van der Waals surface area contributed by atoms with E-state index in [1.54, 1.807) is 0 Å². The van der Waals surface area contributed by atoms with Gasteiger partial charge in [0.2, 0.25) is 0 Å². The first-order valence-electron chi connectivity index (χ1n) is 8.48. The molecule has 0 saturated heterocycles. The predicted octanol–water partition coefficient (Wildman–Crippen LogP) is 4.14. The fourth-order valence-corrected chi connectivity index (χ4v) is 3.53. The predicted molar refractivity (Wildman–Crippen MR) is 81.4 cm³/mol. The molecule has 0 aromatic heterocycles. The average Bonchev–Trinajstić information content (AvgIpc) is 2.41. The molecule has 0 amide bonds. The molecule has 2 saturated carbocycles. The lowest BCUT2D eigenvalue weighted by Crippen LogP contribution is -2.31. The first kappa shape index (κ1) is 15.3. The van der Waals surface area contributed by atoms with Crippen molar-refractivity contribution in [3.63, 3.8) is 0 Å². The molecule has 1 N–H and O–H groups in total. The molecule has 2 aliphatic carbocycles. The van der Waals surface area contributed by atoms with E-state index in [1.165, 1.54) is 64.3 Å². The third kappa shape index (κ3) is 5.83. The maximum Gasteiger partial charge on any atom is 0.0594 e. The lowest BCUT2D eigenvalue weighted by atomic mass is 9.76. The highest BCUT2D eigenvalue weighted by atomic mass is 16.5. The van der Waals surface area contributed by atoms with Crippen LogP contribution in [0.2, 0.25) is 0 Å². The summed E-state index contributed by atoms with van der Waals surface area (Å²) in [6.45, 7) is 7.92. The van der Waals surface area contributed by atoms with Gasteiger partial charge in [-0.3, -0.25) is 0 Å². The van der Waals surface area contributed by atoms with Crippen molar-refractivity contribution in [2.24, 2.45) is 11.3 Å². The Morgan fingerprint density at radius 2 is 1.68 bits per heavy atom. The summed E-state index contributed by atoms with van der Waals surface area (Å²) in [7, 11) is 0. The molecule has 0 heterocycles. The monoisotopic (exact) mass is 267 g/mol. The Morgan fingerprint density at radius 3 is 2.37 bits per heavy atom. The average molecular weight is 267 g/mol. The van der Waals surface area contributed by atoms with Gasteiger partial charge in [0.05, 0.1) is 12.7 Å². The maximum atomic E-state index is 6.00. The standard InChI is InChI=1S/C17H33NO/c1-17(2)10-8-16(9-11-17)19-13-12-18-14-15-6-4-3-5-7-15/h15-16,18H,3-14H2,1-2H3. The minimum absolute atomic E-state index is 0.532. The highest BCUT2D eigenvalue weighted by Gasteiger charge is 2.26. The lowest BCUT2D eigenvalue weighted by molar-refractivity contribution is 0.00575. The molecule has 2 aliphatic rings. The second-order valence-corrected chi connectivity index (χ2v) is 7.44. The Kier molecular flexibility index (Phi) is 6.15. The van der Waals surface area contributed by atoms with Crippen LogP contribution in [0.25, 0.3) is 0 Å². The highest BCUT2D eigenvalue weighted by molar-refractivity contribution is 4.78. The van der Waals surface area contributed by atoms with Gasteiger partial charge in [-0.15, -0.1) is 0 Å². The quantitative estimate of drug-likeness (QED) is 0.730. The summed E-state index contributed by atoms with van der Waals surface area (Å²) in [5, 5.41) is 3.59. The fourth-order valence-electron chi connectivity index (χ4n) is 3.53. The van der Waals surface area contributed by atoms with Crippen LogP contribution in [0.4, 0.5) is 0 Å². The van der Waals surface area contributed by atoms with Gasteiger partial charge < -0.3 is 10.1 Å². The molecule has 2 rings (SSSR count). The topological polar surface area (TPSA) is 21.3 Å². The maximum absolute atomic E-state index is 6.00. The van der Waals surface area contributed by atoms with Crippen LogP contribution in [-0.2, 0) is 4.74 Å². The van der Waals surface area contributed by atoms with Crippen LogP contribution in [-0.4, -0.2) is 25.8 Å². The van der Waals surface area contributed by atoms with Crippen molar-refractivity contribution >= 4 is 0 Å². The van der Waals surface area contributed by atoms with Crippen LogP contribution in [0, 0.1) is 11.3 Å². The van der Waals surface area contributed by atoms with E-state index >= 15 is 0 Å². The Morgan fingerprint density at radius 1 is 1.00 bits per heavy atom. The second-order valence-electron chi connectivity index (χ2n) is 7.44. The first-order chi connectivity index (χ1) is 9.16. The molecule has 0 atom stereocenters. The Bertz CT molecular complexity index is 236. The third-order valence-electron chi connectivity index (χ3n) is 5.08. The molecule has 19 heavy (non-hydrogen) atoms. The van der Waals surface area contributed by atoms with Gasteiger partial charge in [-0.2, -0.15) is 0 Å². The molecule has 0 radical (unpaired) electrons. The molecular formula is C17H33NO. The summed E-state index contributed by atoms with van der Waals surface area (Å²) < 4.78 is 6.00. The summed E-state index contributed by atoms with van der Waals surface area (Å²) in [5.74, 6) is 0.934. The largest absolute Gasteiger partial charge is 0.377 e. The van der Waals surface area contributed by atoms with E-state index < -0.39 is 0 Å². The molecule has 0 spiro atoms. The summed E-state index contributed by atoms with van der Waals surface area (Å²) in [4.78, 5) is 0. The van der Waals surface area contributed by atoms with Crippen molar-refractivity contribution in [2.45, 2.75) is 77.7 Å². The van der Waals surface area contributed by atoms with E-state index in [2.05, 4.69) is 19.2 Å². The van der Waals surface area contributed by atoms with Crippen LogP contribution in [0.3, 0.4) is 0 Å². The van der Waals surface area contributed by atoms with Gasteiger partial charge in [0.15, 0.2) is 0 Å². The van der Waals surface area contributed by atoms with Crippen LogP contribution in [0.15, 0.2) is 0 Å². The second kappa shape index (κ2) is 7.64. The summed E-state index contributed by atoms with van der Waals surface area (Å²) in [6, 6.07) is 0. The van der Waals surface area contributed by atoms with Gasteiger partial charge in [0.25, 0.3) is 0 Å². The van der Waals surface area contributed by atoms with Gasteiger partial charge >= 0.3 is 0 Å². The van der Waals surface area contributed by atoms with Crippen molar-refractivity contribution in [3.05, 3.63) is 0 Å². The summed E-state index contributed by atoms with van der Waals surface area (Å²) in [6.07, 6.45) is 12.9. The van der Waals surface area contributed by atoms with Crippen molar-refractivity contribution in [1.29, 1.82) is 0 Å². The van der Waals surface area contributed by atoms with E-state index in [-0.39, 0.29) is 0 Å². The summed E-state index contributed by atoms with van der Waals surface area (Å²) >= 11 is 0. The van der Waals surface area contributed by atoms with Crippen LogP contribution >= 0.6 is 0 Å². The number of hydrogen-bond acceptors (Lipinski definition) is 2. The smallest absolute Gasteiger partial charge is 0.0594 e. The number of rotatable bonds is 6. The molecule has 2 nitrogen and oxygen atoms in total. The molecule has 0 aliphatic heterocycles. The van der Waals surface area contributed by atoms with E-state index in [9.17, 15) is 0 Å². The van der Waals surface area contributed by atoms with Crippen LogP contribution < -0.4 is 5.32 Å². The van der Waals surface area contributed by atoms with Crippen LogP contribution in [0.1, 0.15) is 71.6 Å². The molecule has 112 valence electrons. The van der Waals surface area contributed by atoms with Gasteiger partial charge in [0, 0.05) is 6.54 Å². The Balaban J connectivity index is 1.46. The van der Waals surface area contributed by atoms with Gasteiger partial charge in [-0.05, 0) is 56.4 Å². The normalized spacial score (nSPS) is 25.6. The SMILES string of the molecule is CC1(C)CCC(OCCNCC2CCCCC2)CC1. The Hall–Kier alpha value is -0.0800. The van der Waals surface area contributed by atoms with Gasteiger partial charge in [-0.1, -0.05) is 33.1 Å². The first-order valence-corrected chi connectivity index (χ1v) is 8.48. The minimum Gasteiger partial charge on any atom is -0.377 e. The number of hydrogen-bond donors (Lipinski definition) is 1. The van der Waals surface area contributed by atoms with E-state index in [0.717, 1.165) is 19.1 Å². The Labute approximate surface area is 119 Å². The zero-order chi connectivity index (χ0) is 13.6. The van der Waals surface area contributed by atoms with Crippen molar-refractivity contribution in [2.75, 3.05) is 19.7 Å². The minimum atomic E-state index is 0.532. The molecule has 0 bridgehead atoms. The fraction of sp³-hybridized carbons (Fsp3) is 1.00. The number of ether oxygens (including phenoxy) is 1.